The van der Waals surface area contributed by atoms with Crippen molar-refractivity contribution in [2.75, 3.05) is 11.9 Å². The Morgan fingerprint density at radius 3 is 2.35 bits per heavy atom. The van der Waals surface area contributed by atoms with E-state index < -0.39 is 17.5 Å². The van der Waals surface area contributed by atoms with Crippen LogP contribution in [-0.4, -0.2) is 18.4 Å². The quantitative estimate of drug-likeness (QED) is 0.860. The number of carbonyl (C=O) groups excluding carboxylic acids is 2. The lowest BCUT2D eigenvalue weighted by molar-refractivity contribution is -0.120. The van der Waals surface area contributed by atoms with Crippen LogP contribution in [0.5, 0.6) is 0 Å². The second-order valence-corrected chi connectivity index (χ2v) is 4.94. The summed E-state index contributed by atoms with van der Waals surface area (Å²) in [5.74, 6) is -2.58. The molecular formula is C17H16F2N2O2. The van der Waals surface area contributed by atoms with Crippen LogP contribution >= 0.6 is 0 Å². The third-order valence-electron chi connectivity index (χ3n) is 3.09. The summed E-state index contributed by atoms with van der Waals surface area (Å²) in [4.78, 5) is 23.4. The number of nitrogens with one attached hydrogen (secondary N) is 2. The van der Waals surface area contributed by atoms with Gasteiger partial charge < -0.3 is 10.6 Å². The minimum atomic E-state index is -1.03. The highest BCUT2D eigenvalue weighted by Gasteiger charge is 2.07. The van der Waals surface area contributed by atoms with Gasteiger partial charge in [0.2, 0.25) is 11.8 Å². The van der Waals surface area contributed by atoms with E-state index in [0.717, 1.165) is 17.7 Å². The zero-order valence-corrected chi connectivity index (χ0v) is 12.3. The lowest BCUT2D eigenvalue weighted by atomic mass is 10.1. The molecule has 120 valence electrons. The molecule has 4 nitrogen and oxygen atoms in total. The zero-order valence-electron chi connectivity index (χ0n) is 12.3. The highest BCUT2D eigenvalue weighted by molar-refractivity contribution is 5.91. The van der Waals surface area contributed by atoms with Crippen molar-refractivity contribution >= 4 is 17.5 Å². The SMILES string of the molecule is O=C(Cc1ccccc1)NCCC(=O)Nc1ccc(F)c(F)c1. The number of hydrogen-bond acceptors (Lipinski definition) is 2. The van der Waals surface area contributed by atoms with Gasteiger partial charge in [-0.05, 0) is 17.7 Å². The fourth-order valence-electron chi connectivity index (χ4n) is 1.96. The van der Waals surface area contributed by atoms with Crippen molar-refractivity contribution in [1.29, 1.82) is 0 Å². The molecule has 0 heterocycles. The van der Waals surface area contributed by atoms with Gasteiger partial charge in [0.1, 0.15) is 0 Å². The number of benzene rings is 2. The molecule has 6 heteroatoms. The highest BCUT2D eigenvalue weighted by atomic mass is 19.2. The molecular weight excluding hydrogens is 302 g/mol. The molecule has 0 aliphatic rings. The maximum Gasteiger partial charge on any atom is 0.226 e. The van der Waals surface area contributed by atoms with Crippen LogP contribution in [0.1, 0.15) is 12.0 Å². The first-order chi connectivity index (χ1) is 11.0. The Hall–Kier alpha value is -2.76. The van der Waals surface area contributed by atoms with Crippen molar-refractivity contribution in [1.82, 2.24) is 5.32 Å². The van der Waals surface area contributed by atoms with Gasteiger partial charge in [-0.1, -0.05) is 30.3 Å². The predicted molar refractivity (Wildman–Crippen MR) is 82.8 cm³/mol. The lowest BCUT2D eigenvalue weighted by Gasteiger charge is -2.07. The van der Waals surface area contributed by atoms with Gasteiger partial charge in [-0.2, -0.15) is 0 Å². The number of amides is 2. The Morgan fingerprint density at radius 1 is 0.913 bits per heavy atom. The first kappa shape index (κ1) is 16.6. The van der Waals surface area contributed by atoms with Crippen LogP contribution in [0, 0.1) is 11.6 Å². The van der Waals surface area contributed by atoms with E-state index in [4.69, 9.17) is 0 Å². The molecule has 0 bridgehead atoms. The van der Waals surface area contributed by atoms with Gasteiger partial charge >= 0.3 is 0 Å². The average molecular weight is 318 g/mol. The molecule has 2 rings (SSSR count). The first-order valence-corrected chi connectivity index (χ1v) is 7.10. The molecule has 2 aromatic carbocycles. The van der Waals surface area contributed by atoms with Crippen molar-refractivity contribution in [3.05, 3.63) is 65.7 Å². The van der Waals surface area contributed by atoms with Crippen LogP contribution < -0.4 is 10.6 Å². The van der Waals surface area contributed by atoms with Crippen molar-refractivity contribution in [2.45, 2.75) is 12.8 Å². The topological polar surface area (TPSA) is 58.2 Å². The second-order valence-electron chi connectivity index (χ2n) is 4.94. The van der Waals surface area contributed by atoms with Gasteiger partial charge in [-0.3, -0.25) is 9.59 Å². The maximum absolute atomic E-state index is 13.0. The predicted octanol–water partition coefficient (Wildman–Crippen LogP) is 2.65. The van der Waals surface area contributed by atoms with Gasteiger partial charge in [0, 0.05) is 24.7 Å². The number of hydrogen-bond donors (Lipinski definition) is 2. The molecule has 0 fully saturated rings. The number of anilines is 1. The molecule has 2 amide bonds. The Labute approximate surface area is 132 Å². The Morgan fingerprint density at radius 2 is 1.65 bits per heavy atom. The first-order valence-electron chi connectivity index (χ1n) is 7.10. The lowest BCUT2D eigenvalue weighted by Crippen LogP contribution is -2.28. The molecule has 2 aromatic rings. The highest BCUT2D eigenvalue weighted by Crippen LogP contribution is 2.13. The molecule has 0 unspecified atom stereocenters. The molecule has 0 atom stereocenters. The summed E-state index contributed by atoms with van der Waals surface area (Å²) in [5.41, 5.74) is 1.06. The number of rotatable bonds is 6. The average Bonchev–Trinajstić information content (AvgIpc) is 2.52. The Bertz CT molecular complexity index is 690. The summed E-state index contributed by atoms with van der Waals surface area (Å²) in [6.07, 6.45) is 0.283. The molecule has 0 aliphatic heterocycles. The molecule has 23 heavy (non-hydrogen) atoms. The smallest absolute Gasteiger partial charge is 0.226 e. The largest absolute Gasteiger partial charge is 0.355 e. The Balaban J connectivity index is 1.72. The van der Waals surface area contributed by atoms with E-state index in [1.165, 1.54) is 6.07 Å². The van der Waals surface area contributed by atoms with E-state index in [1.54, 1.807) is 0 Å². The third kappa shape index (κ3) is 5.50. The van der Waals surface area contributed by atoms with Crippen LogP contribution in [0.2, 0.25) is 0 Å². The summed E-state index contributed by atoms with van der Waals surface area (Å²) < 4.78 is 25.8. The minimum Gasteiger partial charge on any atom is -0.355 e. The molecule has 2 N–H and O–H groups in total. The standard InChI is InChI=1S/C17H16F2N2O2/c18-14-7-6-13(11-15(14)19)21-16(22)8-9-20-17(23)10-12-4-2-1-3-5-12/h1-7,11H,8-10H2,(H,20,23)(H,21,22). The fourth-order valence-corrected chi connectivity index (χ4v) is 1.96. The van der Waals surface area contributed by atoms with E-state index >= 15 is 0 Å². The second kappa shape index (κ2) is 8.03. The van der Waals surface area contributed by atoms with Crippen LogP contribution in [0.4, 0.5) is 14.5 Å². The monoisotopic (exact) mass is 318 g/mol. The molecule has 0 saturated carbocycles. The van der Waals surface area contributed by atoms with Crippen molar-refractivity contribution < 1.29 is 18.4 Å². The van der Waals surface area contributed by atoms with E-state index in [-0.39, 0.29) is 31.0 Å². The molecule has 0 saturated heterocycles. The van der Waals surface area contributed by atoms with Crippen LogP contribution in [0.15, 0.2) is 48.5 Å². The van der Waals surface area contributed by atoms with E-state index in [0.29, 0.717) is 0 Å². The third-order valence-corrected chi connectivity index (χ3v) is 3.09. The summed E-state index contributed by atoms with van der Waals surface area (Å²) >= 11 is 0. The summed E-state index contributed by atoms with van der Waals surface area (Å²) in [5, 5.41) is 5.07. The molecule has 0 aromatic heterocycles. The Kier molecular flexibility index (Phi) is 5.80. The minimum absolute atomic E-state index is 0.0412. The fraction of sp³-hybridized carbons (Fsp3) is 0.176. The maximum atomic E-state index is 13.0. The van der Waals surface area contributed by atoms with Crippen LogP contribution in [0.3, 0.4) is 0 Å². The van der Waals surface area contributed by atoms with Crippen LogP contribution in [0.25, 0.3) is 0 Å². The van der Waals surface area contributed by atoms with Crippen molar-refractivity contribution in [3.63, 3.8) is 0 Å². The summed E-state index contributed by atoms with van der Waals surface area (Å²) in [6.45, 7) is 0.168. The van der Waals surface area contributed by atoms with Crippen molar-refractivity contribution in [2.24, 2.45) is 0 Å². The van der Waals surface area contributed by atoms with Gasteiger partial charge in [-0.25, -0.2) is 8.78 Å². The molecule has 0 aliphatic carbocycles. The van der Waals surface area contributed by atoms with E-state index in [9.17, 15) is 18.4 Å². The van der Waals surface area contributed by atoms with Gasteiger partial charge in [-0.15, -0.1) is 0 Å². The summed E-state index contributed by atoms with van der Waals surface area (Å²) in [7, 11) is 0. The van der Waals surface area contributed by atoms with E-state index in [1.807, 2.05) is 30.3 Å². The molecule has 0 radical (unpaired) electrons. The van der Waals surface area contributed by atoms with Gasteiger partial charge in [0.25, 0.3) is 0 Å². The number of carbonyl (C=O) groups is 2. The zero-order chi connectivity index (χ0) is 16.7. The van der Waals surface area contributed by atoms with Gasteiger partial charge in [0.15, 0.2) is 11.6 Å². The van der Waals surface area contributed by atoms with Crippen molar-refractivity contribution in [3.8, 4) is 0 Å². The normalized spacial score (nSPS) is 10.2. The number of halogens is 2. The van der Waals surface area contributed by atoms with Crippen LogP contribution in [-0.2, 0) is 16.0 Å². The van der Waals surface area contributed by atoms with E-state index in [2.05, 4.69) is 10.6 Å². The molecule has 0 spiro atoms. The van der Waals surface area contributed by atoms with Gasteiger partial charge in [0.05, 0.1) is 6.42 Å². The summed E-state index contributed by atoms with van der Waals surface area (Å²) in [6, 6.07) is 12.3.